The average molecular weight is 575 g/mol. The number of carbonyl (C=O) groups is 1. The number of nitrogens with one attached hydrogen (secondary N) is 1. The van der Waals surface area contributed by atoms with Crippen molar-refractivity contribution in [1.29, 1.82) is 0 Å². The van der Waals surface area contributed by atoms with E-state index in [2.05, 4.69) is 5.32 Å². The first-order chi connectivity index (χ1) is 18.0. The standard InChI is InChI=1S/C21H24FN3O4.2BF4/c1-29-20-17-13(19(26)14(21(27)28)9-25(17)12-4-5-12)7-15(22)18(20)24-8-11-3-2-6-23-16(11)10-24;2*2-1(3,4)5/h7,9,11-12,16,23H,2-6,8,10H2,1H3,(H,27,28);;/q;2*-1/t11-,16+;;/m0../s1. The highest BCUT2D eigenvalue weighted by atomic mass is 19.5. The fourth-order valence-electron chi connectivity index (χ4n) is 4.95. The van der Waals surface area contributed by atoms with Crippen molar-refractivity contribution in [3.63, 3.8) is 0 Å². The number of aromatic nitrogens is 1. The molecule has 0 radical (unpaired) electrons. The normalized spacial score (nSPS) is 20.9. The fourth-order valence-corrected chi connectivity index (χ4v) is 4.95. The third-order valence-corrected chi connectivity index (χ3v) is 6.49. The zero-order chi connectivity index (χ0) is 29.3. The van der Waals surface area contributed by atoms with Crippen LogP contribution in [0.15, 0.2) is 17.1 Å². The van der Waals surface area contributed by atoms with Crippen molar-refractivity contribution in [3.05, 3.63) is 33.9 Å². The van der Waals surface area contributed by atoms with Crippen LogP contribution in [0.4, 0.5) is 44.6 Å². The summed E-state index contributed by atoms with van der Waals surface area (Å²) < 4.78 is 101. The van der Waals surface area contributed by atoms with Crippen LogP contribution < -0.4 is 20.4 Å². The summed E-state index contributed by atoms with van der Waals surface area (Å²) in [6.07, 6.45) is 5.40. The van der Waals surface area contributed by atoms with Crippen LogP contribution >= 0.6 is 0 Å². The number of hydrogen-bond donors (Lipinski definition) is 2. The summed E-state index contributed by atoms with van der Waals surface area (Å²) in [5.41, 5.74) is -0.155. The molecule has 1 aliphatic carbocycles. The van der Waals surface area contributed by atoms with E-state index in [9.17, 15) is 49.2 Å². The Bertz CT molecular complexity index is 1230. The average Bonchev–Trinajstić information content (AvgIpc) is 3.54. The van der Waals surface area contributed by atoms with E-state index in [0.717, 1.165) is 38.8 Å². The van der Waals surface area contributed by atoms with Gasteiger partial charge in [0.15, 0.2) is 11.6 Å². The van der Waals surface area contributed by atoms with Gasteiger partial charge in [0, 0.05) is 31.4 Å². The van der Waals surface area contributed by atoms with Crippen molar-refractivity contribution < 1.29 is 53.6 Å². The summed E-state index contributed by atoms with van der Waals surface area (Å²) >= 11 is 0. The number of hydrogen-bond acceptors (Lipinski definition) is 5. The quantitative estimate of drug-likeness (QED) is 0.396. The van der Waals surface area contributed by atoms with Gasteiger partial charge in [-0.05, 0) is 44.2 Å². The molecule has 0 bridgehead atoms. The molecular weight excluding hydrogens is 551 g/mol. The first-order valence-electron chi connectivity index (χ1n) is 11.9. The molecule has 0 amide bonds. The first kappa shape index (κ1) is 30.5. The highest BCUT2D eigenvalue weighted by molar-refractivity contribution is 6.50. The van der Waals surface area contributed by atoms with Gasteiger partial charge in [-0.15, -0.1) is 0 Å². The van der Waals surface area contributed by atoms with E-state index in [1.54, 1.807) is 4.57 Å². The Morgan fingerprint density at radius 1 is 1.05 bits per heavy atom. The highest BCUT2D eigenvalue weighted by Gasteiger charge is 2.38. The number of carboxylic acids is 1. The largest absolute Gasteiger partial charge is 0.673 e. The van der Waals surface area contributed by atoms with Crippen molar-refractivity contribution in [3.8, 4) is 5.75 Å². The van der Waals surface area contributed by atoms with Gasteiger partial charge in [0.2, 0.25) is 5.43 Å². The predicted molar refractivity (Wildman–Crippen MR) is 127 cm³/mol. The number of nitrogens with zero attached hydrogens (tertiary/aromatic N) is 2. The summed E-state index contributed by atoms with van der Waals surface area (Å²) in [5.74, 6) is -1.07. The summed E-state index contributed by atoms with van der Waals surface area (Å²) in [4.78, 5) is 26.4. The van der Waals surface area contributed by atoms with Crippen molar-refractivity contribution >= 4 is 37.1 Å². The highest BCUT2D eigenvalue weighted by Crippen LogP contribution is 2.45. The Morgan fingerprint density at radius 3 is 2.13 bits per heavy atom. The molecule has 2 N–H and O–H groups in total. The molecule has 1 aromatic heterocycles. The molecule has 218 valence electrons. The van der Waals surface area contributed by atoms with Crippen LogP contribution in [0.1, 0.15) is 42.1 Å². The molecule has 2 atom stereocenters. The summed E-state index contributed by atoms with van der Waals surface area (Å²) in [5, 5.41) is 13.0. The number of pyridine rings is 1. The number of ether oxygens (including phenoxy) is 1. The molecule has 1 aromatic carbocycles. The molecule has 0 unspecified atom stereocenters. The van der Waals surface area contributed by atoms with Gasteiger partial charge in [0.05, 0.1) is 18.0 Å². The maximum atomic E-state index is 15.3. The van der Waals surface area contributed by atoms with Crippen LogP contribution in [0.2, 0.25) is 0 Å². The number of benzene rings is 1. The van der Waals surface area contributed by atoms with E-state index in [1.165, 1.54) is 19.4 Å². The summed E-state index contributed by atoms with van der Waals surface area (Å²) in [7, 11) is -10.5. The minimum Gasteiger partial charge on any atom is -0.492 e. The molecule has 18 heteroatoms. The Kier molecular flexibility index (Phi) is 9.07. The van der Waals surface area contributed by atoms with Gasteiger partial charge in [-0.2, -0.15) is 0 Å². The van der Waals surface area contributed by atoms with E-state index in [-0.39, 0.29) is 17.0 Å². The molecule has 2 aliphatic heterocycles. The number of aromatic carboxylic acids is 1. The van der Waals surface area contributed by atoms with E-state index in [0.29, 0.717) is 35.5 Å². The third-order valence-electron chi connectivity index (χ3n) is 6.49. The van der Waals surface area contributed by atoms with Gasteiger partial charge < -0.3 is 59.2 Å². The lowest BCUT2D eigenvalue weighted by Crippen LogP contribution is -2.40. The Labute approximate surface area is 216 Å². The third kappa shape index (κ3) is 7.99. The molecule has 2 saturated heterocycles. The van der Waals surface area contributed by atoms with Gasteiger partial charge in [-0.25, -0.2) is 9.18 Å². The molecule has 0 spiro atoms. The van der Waals surface area contributed by atoms with Crippen LogP contribution in [0.5, 0.6) is 5.75 Å². The molecule has 3 aliphatic rings. The maximum Gasteiger partial charge on any atom is 0.673 e. The Morgan fingerprint density at radius 2 is 1.64 bits per heavy atom. The van der Waals surface area contributed by atoms with Crippen LogP contribution in [0.25, 0.3) is 10.9 Å². The van der Waals surface area contributed by atoms with Crippen LogP contribution in [-0.4, -0.2) is 62.9 Å². The van der Waals surface area contributed by atoms with Crippen molar-refractivity contribution in [2.45, 2.75) is 37.8 Å². The maximum absolute atomic E-state index is 15.3. The Hall–Kier alpha value is -3.04. The number of piperidine rings is 1. The number of halogens is 9. The van der Waals surface area contributed by atoms with E-state index in [1.807, 2.05) is 4.90 Å². The zero-order valence-corrected chi connectivity index (χ0v) is 20.5. The van der Waals surface area contributed by atoms with Crippen molar-refractivity contribution in [2.75, 3.05) is 31.6 Å². The van der Waals surface area contributed by atoms with Gasteiger partial charge in [0.25, 0.3) is 0 Å². The molecule has 3 fully saturated rings. The smallest absolute Gasteiger partial charge is 0.492 e. The van der Waals surface area contributed by atoms with E-state index < -0.39 is 31.7 Å². The topological polar surface area (TPSA) is 83.8 Å². The second-order valence-electron chi connectivity index (χ2n) is 9.31. The predicted octanol–water partition coefficient (Wildman–Crippen LogP) is 4.97. The number of rotatable bonds is 4. The minimum atomic E-state index is -6.00. The second-order valence-corrected chi connectivity index (χ2v) is 9.31. The minimum absolute atomic E-state index is 0.0599. The van der Waals surface area contributed by atoms with Crippen LogP contribution in [-0.2, 0) is 0 Å². The van der Waals surface area contributed by atoms with Gasteiger partial charge >= 0.3 is 20.5 Å². The molecule has 1 saturated carbocycles. The SMILES string of the molecule is COc1c(N2C[C@@H]3CCCN[C@@H]3C2)c(F)cc2c(=O)c(C(=O)O)cn(C3CC3)c12.F[B-](F)(F)F.F[B-](F)(F)F. The van der Waals surface area contributed by atoms with Crippen molar-refractivity contribution in [1.82, 2.24) is 9.88 Å². The number of anilines is 1. The lowest BCUT2D eigenvalue weighted by Gasteiger charge is -2.25. The van der Waals surface area contributed by atoms with Gasteiger partial charge in [-0.3, -0.25) is 4.79 Å². The zero-order valence-electron chi connectivity index (χ0n) is 20.5. The Balaban J connectivity index is 0.000000362. The number of carboxylic acid groups (broad SMARTS) is 1. The lowest BCUT2D eigenvalue weighted by atomic mass is 9.94. The monoisotopic (exact) mass is 575 g/mol. The van der Waals surface area contributed by atoms with Gasteiger partial charge in [-0.1, -0.05) is 0 Å². The first-order valence-corrected chi connectivity index (χ1v) is 11.9. The molecule has 2 aromatic rings. The summed E-state index contributed by atoms with van der Waals surface area (Å²) in [6.45, 7) is 2.40. The fraction of sp³-hybridized carbons (Fsp3) is 0.524. The number of methoxy groups -OCH3 is 1. The summed E-state index contributed by atoms with van der Waals surface area (Å²) in [6, 6.07) is 1.62. The van der Waals surface area contributed by atoms with E-state index >= 15 is 4.39 Å². The second kappa shape index (κ2) is 11.6. The number of fused-ring (bicyclic) bond motifs is 2. The molecule has 5 rings (SSSR count). The van der Waals surface area contributed by atoms with Crippen LogP contribution in [0, 0.1) is 11.7 Å². The van der Waals surface area contributed by atoms with E-state index in [4.69, 9.17) is 4.74 Å². The molecule has 3 heterocycles. The van der Waals surface area contributed by atoms with Crippen molar-refractivity contribution in [2.24, 2.45) is 5.92 Å². The molecule has 7 nitrogen and oxygen atoms in total. The van der Waals surface area contributed by atoms with Crippen LogP contribution in [0.3, 0.4) is 0 Å². The molecular formula is C21H24B2F9N3O4-2. The van der Waals surface area contributed by atoms with Gasteiger partial charge in [0.1, 0.15) is 11.3 Å². The lowest BCUT2D eigenvalue weighted by molar-refractivity contribution is 0.0694. The molecule has 39 heavy (non-hydrogen) atoms.